The van der Waals surface area contributed by atoms with Crippen LogP contribution < -0.4 is 5.32 Å². The van der Waals surface area contributed by atoms with Crippen LogP contribution in [0.3, 0.4) is 0 Å². The van der Waals surface area contributed by atoms with Gasteiger partial charge in [-0.25, -0.2) is 4.79 Å². The van der Waals surface area contributed by atoms with Gasteiger partial charge in [0, 0.05) is 31.6 Å². The van der Waals surface area contributed by atoms with Crippen LogP contribution in [0.2, 0.25) is 0 Å². The lowest BCUT2D eigenvalue weighted by molar-refractivity contribution is -0.0262. The number of rotatable bonds is 5. The smallest absolute Gasteiger partial charge is 0.407 e. The Kier molecular flexibility index (Phi) is 5.61. The molecule has 0 radical (unpaired) electrons. The third-order valence-electron chi connectivity index (χ3n) is 6.36. The summed E-state index contributed by atoms with van der Waals surface area (Å²) in [6.07, 6.45) is 0.857. The molecule has 0 unspecified atom stereocenters. The van der Waals surface area contributed by atoms with E-state index in [0.717, 1.165) is 13.1 Å². The van der Waals surface area contributed by atoms with Crippen LogP contribution in [0.4, 0.5) is 4.79 Å². The van der Waals surface area contributed by atoms with Gasteiger partial charge in [-0.15, -0.1) is 0 Å². The van der Waals surface area contributed by atoms with Crippen LogP contribution in [-0.4, -0.2) is 54.0 Å². The number of piperidine rings is 1. The zero-order valence-electron chi connectivity index (χ0n) is 17.2. The number of hydrogen-bond acceptors (Lipinski definition) is 4. The molecule has 1 amide bonds. The quantitative estimate of drug-likeness (QED) is 0.811. The first kappa shape index (κ1) is 19.9. The van der Waals surface area contributed by atoms with Gasteiger partial charge >= 0.3 is 6.09 Å². The Bertz CT molecular complexity index is 826. The van der Waals surface area contributed by atoms with E-state index in [0.29, 0.717) is 25.5 Å². The second kappa shape index (κ2) is 8.17. The van der Waals surface area contributed by atoms with Gasteiger partial charge in [-0.2, -0.15) is 0 Å². The third-order valence-corrected chi connectivity index (χ3v) is 6.36. The van der Waals surface area contributed by atoms with E-state index in [1.165, 1.54) is 22.3 Å². The number of benzene rings is 2. The summed E-state index contributed by atoms with van der Waals surface area (Å²) in [6, 6.07) is 17.1. The molecular formula is C24H30N2O3. The number of carbonyl (C=O) groups excluding carboxylic acids is 1. The van der Waals surface area contributed by atoms with Crippen LogP contribution in [0.1, 0.15) is 43.7 Å². The molecule has 0 bridgehead atoms. The lowest BCUT2D eigenvalue weighted by atomic mass is 9.91. The second-order valence-electron chi connectivity index (χ2n) is 8.53. The molecule has 2 N–H and O–H groups in total. The molecule has 1 aliphatic heterocycles. The lowest BCUT2D eigenvalue weighted by Crippen LogP contribution is -2.52. The molecule has 0 spiro atoms. The fraction of sp³-hybridized carbons (Fsp3) is 0.458. The summed E-state index contributed by atoms with van der Waals surface area (Å²) >= 11 is 0. The Morgan fingerprint density at radius 2 is 1.66 bits per heavy atom. The molecule has 0 aromatic heterocycles. The number of amides is 1. The fourth-order valence-corrected chi connectivity index (χ4v) is 4.52. The highest BCUT2D eigenvalue weighted by molar-refractivity contribution is 5.79. The molecule has 0 atom stereocenters. The van der Waals surface area contributed by atoms with Gasteiger partial charge < -0.3 is 20.1 Å². The minimum absolute atomic E-state index is 0.0468. The number of likely N-dealkylation sites (tertiary alicyclic amines) is 1. The predicted octanol–water partition coefficient (Wildman–Crippen LogP) is 3.76. The largest absolute Gasteiger partial charge is 0.449 e. The van der Waals surface area contributed by atoms with Gasteiger partial charge in [0.2, 0.25) is 0 Å². The third kappa shape index (κ3) is 4.16. The summed E-state index contributed by atoms with van der Waals surface area (Å²) in [4.78, 5) is 14.7. The number of nitrogens with one attached hydrogen (secondary N) is 1. The first-order valence-electron chi connectivity index (χ1n) is 10.5. The Morgan fingerprint density at radius 1 is 1.10 bits per heavy atom. The van der Waals surface area contributed by atoms with E-state index in [1.54, 1.807) is 0 Å². The van der Waals surface area contributed by atoms with Crippen LogP contribution in [0.15, 0.2) is 48.5 Å². The SMILES string of the molecule is CC(C)N1CCC(O)(CNC(=O)OCC2c3ccccc3-c3ccccc32)CC1. The molecule has 1 heterocycles. The molecule has 1 fully saturated rings. The summed E-state index contributed by atoms with van der Waals surface area (Å²) in [5, 5.41) is 13.5. The van der Waals surface area contributed by atoms with Crippen molar-refractivity contribution in [1.82, 2.24) is 10.2 Å². The van der Waals surface area contributed by atoms with Crippen LogP contribution in [-0.2, 0) is 4.74 Å². The van der Waals surface area contributed by atoms with Crippen LogP contribution >= 0.6 is 0 Å². The molecule has 2 aromatic rings. The van der Waals surface area contributed by atoms with E-state index in [2.05, 4.69) is 48.3 Å². The minimum Gasteiger partial charge on any atom is -0.449 e. The Balaban J connectivity index is 1.33. The number of aliphatic hydroxyl groups is 1. The van der Waals surface area contributed by atoms with Crippen molar-refractivity contribution in [2.75, 3.05) is 26.2 Å². The first-order chi connectivity index (χ1) is 14.0. The highest BCUT2D eigenvalue weighted by Crippen LogP contribution is 2.44. The number of ether oxygens (including phenoxy) is 1. The van der Waals surface area contributed by atoms with Crippen molar-refractivity contribution in [3.8, 4) is 11.1 Å². The molecule has 1 aliphatic carbocycles. The number of nitrogens with zero attached hydrogens (tertiary/aromatic N) is 1. The number of carbonyl (C=O) groups is 1. The van der Waals surface area contributed by atoms with Crippen LogP contribution in [0.5, 0.6) is 0 Å². The summed E-state index contributed by atoms with van der Waals surface area (Å²) in [5.41, 5.74) is 3.96. The van der Waals surface area contributed by atoms with E-state index >= 15 is 0 Å². The maximum atomic E-state index is 12.3. The van der Waals surface area contributed by atoms with E-state index in [4.69, 9.17) is 4.74 Å². The van der Waals surface area contributed by atoms with Crippen molar-refractivity contribution in [2.24, 2.45) is 0 Å². The Hall–Kier alpha value is -2.37. The second-order valence-corrected chi connectivity index (χ2v) is 8.53. The average molecular weight is 395 g/mol. The molecule has 1 saturated heterocycles. The lowest BCUT2D eigenvalue weighted by Gasteiger charge is -2.39. The first-order valence-corrected chi connectivity index (χ1v) is 10.5. The summed E-state index contributed by atoms with van der Waals surface area (Å²) in [6.45, 7) is 6.55. The normalized spacial score (nSPS) is 18.3. The van der Waals surface area contributed by atoms with Crippen molar-refractivity contribution in [2.45, 2.75) is 44.2 Å². The van der Waals surface area contributed by atoms with Gasteiger partial charge in [0.25, 0.3) is 0 Å². The highest BCUT2D eigenvalue weighted by atomic mass is 16.5. The molecule has 29 heavy (non-hydrogen) atoms. The van der Waals surface area contributed by atoms with Gasteiger partial charge in [-0.3, -0.25) is 0 Å². The standard InChI is InChI=1S/C24H30N2O3/c1-17(2)26-13-11-24(28,12-14-26)16-25-23(27)29-15-22-20-9-5-3-7-18(20)19-8-4-6-10-21(19)22/h3-10,17,22,28H,11-16H2,1-2H3,(H,25,27). The zero-order chi connectivity index (χ0) is 20.4. The minimum atomic E-state index is -0.850. The average Bonchev–Trinajstić information content (AvgIpc) is 3.05. The van der Waals surface area contributed by atoms with Crippen LogP contribution in [0.25, 0.3) is 11.1 Å². The van der Waals surface area contributed by atoms with E-state index in [9.17, 15) is 9.90 Å². The van der Waals surface area contributed by atoms with Crippen molar-refractivity contribution >= 4 is 6.09 Å². The number of fused-ring (bicyclic) bond motifs is 3. The zero-order valence-corrected chi connectivity index (χ0v) is 17.2. The number of hydrogen-bond donors (Lipinski definition) is 2. The Morgan fingerprint density at radius 3 is 2.21 bits per heavy atom. The van der Waals surface area contributed by atoms with Crippen molar-refractivity contribution in [3.05, 3.63) is 59.7 Å². The topological polar surface area (TPSA) is 61.8 Å². The summed E-state index contributed by atoms with van der Waals surface area (Å²) in [7, 11) is 0. The van der Waals surface area contributed by atoms with Crippen LogP contribution in [0, 0.1) is 0 Å². The highest BCUT2D eigenvalue weighted by Gasteiger charge is 2.34. The number of alkyl carbamates (subject to hydrolysis) is 1. The summed E-state index contributed by atoms with van der Waals surface area (Å²) in [5.74, 6) is 0.0468. The summed E-state index contributed by atoms with van der Waals surface area (Å²) < 4.78 is 5.56. The van der Waals surface area contributed by atoms with E-state index < -0.39 is 11.7 Å². The van der Waals surface area contributed by atoms with Gasteiger partial charge in [0.05, 0.1) is 5.60 Å². The molecule has 2 aliphatic rings. The maximum Gasteiger partial charge on any atom is 0.407 e. The van der Waals surface area contributed by atoms with Gasteiger partial charge in [-0.05, 0) is 48.9 Å². The van der Waals surface area contributed by atoms with E-state index in [-0.39, 0.29) is 12.5 Å². The van der Waals surface area contributed by atoms with Gasteiger partial charge in [0.1, 0.15) is 6.61 Å². The molecule has 5 nitrogen and oxygen atoms in total. The van der Waals surface area contributed by atoms with Crippen molar-refractivity contribution in [3.63, 3.8) is 0 Å². The Labute approximate surface area is 172 Å². The molecule has 154 valence electrons. The monoisotopic (exact) mass is 394 g/mol. The fourth-order valence-electron chi connectivity index (χ4n) is 4.52. The van der Waals surface area contributed by atoms with Gasteiger partial charge in [0.15, 0.2) is 0 Å². The van der Waals surface area contributed by atoms with Gasteiger partial charge in [-0.1, -0.05) is 48.5 Å². The molecule has 5 heteroatoms. The molecule has 0 saturated carbocycles. The van der Waals surface area contributed by atoms with E-state index in [1.807, 2.05) is 24.3 Å². The van der Waals surface area contributed by atoms with Crippen molar-refractivity contribution in [1.29, 1.82) is 0 Å². The molecular weight excluding hydrogens is 364 g/mol. The predicted molar refractivity (Wildman–Crippen MR) is 114 cm³/mol. The maximum absolute atomic E-state index is 12.3. The van der Waals surface area contributed by atoms with Crippen molar-refractivity contribution < 1.29 is 14.6 Å². The molecule has 4 rings (SSSR count). The molecule has 2 aromatic carbocycles.